The fraction of sp³-hybridized carbons (Fsp3) is 0.649. The number of urea groups is 1. The van der Waals surface area contributed by atoms with E-state index >= 15 is 0 Å². The zero-order chi connectivity index (χ0) is 51.7. The quantitative estimate of drug-likeness (QED) is 0.0187. The number of hydroxylamine groups is 6. The molecule has 19 N–H and O–H groups in total. The fourth-order valence-electron chi connectivity index (χ4n) is 6.47. The van der Waals surface area contributed by atoms with Gasteiger partial charge in [-0.2, -0.15) is 20.2 Å². The van der Waals surface area contributed by atoms with Crippen LogP contribution in [0.25, 0.3) is 0 Å². The van der Waals surface area contributed by atoms with Gasteiger partial charge in [-0.25, -0.2) is 14.4 Å². The zero-order valence-corrected chi connectivity index (χ0v) is 39.8. The van der Waals surface area contributed by atoms with Crippen LogP contribution >= 0.6 is 11.8 Å². The topological polar surface area (TPSA) is 478 Å². The Labute approximate surface area is 407 Å². The van der Waals surface area contributed by atoms with Crippen LogP contribution in [0.2, 0.25) is 0 Å². The number of thioether (sulfide) groups is 1. The van der Waals surface area contributed by atoms with Crippen LogP contribution in [0.3, 0.4) is 0 Å². The maximum atomic E-state index is 13.8. The number of aliphatic carboxylic acids is 1. The molecule has 1 aliphatic rings. The number of amides is 9. The van der Waals surface area contributed by atoms with Crippen molar-refractivity contribution < 1.29 is 101 Å². The van der Waals surface area contributed by atoms with E-state index in [-0.39, 0.29) is 80.7 Å². The van der Waals surface area contributed by atoms with Crippen molar-refractivity contribution in [1.82, 2.24) is 45.6 Å². The average Bonchev–Trinajstić information content (AvgIpc) is 3.56. The number of carbonyl (C=O) groups is 6. The van der Waals surface area contributed by atoms with Gasteiger partial charge in [0.15, 0.2) is 6.04 Å². The summed E-state index contributed by atoms with van der Waals surface area (Å²) < 4.78 is 1.80. The summed E-state index contributed by atoms with van der Waals surface area (Å²) in [7, 11) is 1.22. The van der Waals surface area contributed by atoms with Crippen molar-refractivity contribution in [2.45, 2.75) is 118 Å². The van der Waals surface area contributed by atoms with Gasteiger partial charge in [-0.05, 0) is 44.6 Å². The van der Waals surface area contributed by atoms with Crippen molar-refractivity contribution >= 4 is 65.1 Å². The van der Waals surface area contributed by atoms with E-state index < -0.39 is 125 Å². The fourth-order valence-corrected chi connectivity index (χ4v) is 8.05. The minimum atomic E-state index is -2.29. The molecule has 1 fully saturated rings. The molecule has 10 atom stereocenters. The van der Waals surface area contributed by atoms with Crippen LogP contribution in [-0.4, -0.2) is 213 Å². The molecule has 0 aromatic carbocycles. The molecule has 1 saturated heterocycles. The van der Waals surface area contributed by atoms with Crippen molar-refractivity contribution in [3.8, 4) is 0 Å². The molecule has 390 valence electrons. The molecule has 0 spiro atoms. The molecule has 2 heterocycles. The van der Waals surface area contributed by atoms with Gasteiger partial charge in [0.05, 0.1) is 70.5 Å². The summed E-state index contributed by atoms with van der Waals surface area (Å²) in [6, 6.07) is -8.63. The van der Waals surface area contributed by atoms with Crippen LogP contribution < -0.4 is 43.9 Å². The number of nitrogens with one attached hydrogen (secondary N) is 4. The summed E-state index contributed by atoms with van der Waals surface area (Å²) in [5.41, 5.74) is 10.0. The van der Waals surface area contributed by atoms with Gasteiger partial charge in [-0.3, -0.25) is 58.3 Å². The first-order valence-electron chi connectivity index (χ1n) is 20.8. The third-order valence-corrected chi connectivity index (χ3v) is 12.1. The third kappa shape index (κ3) is 18.4. The second-order valence-corrected chi connectivity index (χ2v) is 16.9. The molecule has 0 saturated carbocycles. The zero-order valence-electron chi connectivity index (χ0n) is 37.9. The van der Waals surface area contributed by atoms with Crippen LogP contribution in [0, 0.1) is 0 Å². The van der Waals surface area contributed by atoms with E-state index in [1.54, 1.807) is 0 Å². The first kappa shape index (κ1) is 61.5. The van der Waals surface area contributed by atoms with E-state index in [9.17, 15) is 89.1 Å². The van der Waals surface area contributed by atoms with E-state index in [4.69, 9.17) is 11.5 Å². The maximum absolute atomic E-state index is 13.8. The number of primary amides is 1. The van der Waals surface area contributed by atoms with Crippen LogP contribution in [0.4, 0.5) is 4.79 Å². The second-order valence-electron chi connectivity index (χ2n) is 15.6. The molecule has 2 rings (SSSR count). The number of aromatic nitrogens is 2. The Balaban J connectivity index is 0.0000238. The molecule has 9 amide bonds. The normalized spacial score (nSPS) is 19.3. The van der Waals surface area contributed by atoms with Crippen molar-refractivity contribution in [3.63, 3.8) is 0 Å². The molecule has 0 radical (unpaired) electrons. The van der Waals surface area contributed by atoms with Crippen LogP contribution in [0.1, 0.15) is 64.7 Å². The Morgan fingerprint density at radius 1 is 0.783 bits per heavy atom. The first-order chi connectivity index (χ1) is 31.7. The molecule has 30 nitrogen and oxygen atoms in total. The number of carboxylic acid groups (broad SMARTS) is 1. The summed E-state index contributed by atoms with van der Waals surface area (Å²) in [5.74, 6) is -7.81. The number of carboxylic acids is 1. The SMILES string of the molecule is CC(=[OH+])N(O)CCC[C@@H](N)C(=O)N[C@H](CCCN(O)C(C)=[OH+])C(=O)N[C@@H](CCCN(O)C(C)=[OH+])C(=O)N[C@@H](CO)C(=O)N[C@@H](C(=O)O)[C@@H](O)[C@H]1S[C@@H](n2cc/c(=N/C(N)=O)n(C)c2=O)[C@@H](O)[C@@H]1O.[Fe]. The molecule has 0 bridgehead atoms. The molecular formula is C37H63FeN12O18S+3. The monoisotopic (exact) mass is 1050 g/mol. The number of nitrogens with zero attached hydrogens (tertiary/aromatic N) is 6. The van der Waals surface area contributed by atoms with Gasteiger partial charge < -0.3 is 58.3 Å². The van der Waals surface area contributed by atoms with Gasteiger partial charge >= 0.3 is 35.4 Å². The van der Waals surface area contributed by atoms with Gasteiger partial charge in [0, 0.05) is 30.3 Å². The van der Waals surface area contributed by atoms with E-state index in [2.05, 4.69) is 20.9 Å². The number of hydrogen-bond donors (Lipinski definition) is 14. The van der Waals surface area contributed by atoms with Crippen LogP contribution in [0.5, 0.6) is 0 Å². The van der Waals surface area contributed by atoms with Gasteiger partial charge in [0.25, 0.3) is 0 Å². The number of hydrogen-bond acceptors (Lipinski definition) is 16. The Morgan fingerprint density at radius 2 is 1.22 bits per heavy atom. The van der Waals surface area contributed by atoms with E-state index in [1.165, 1.54) is 27.0 Å². The summed E-state index contributed by atoms with van der Waals surface area (Å²) >= 11 is 0.554. The van der Waals surface area contributed by atoms with Crippen molar-refractivity contribution in [2.24, 2.45) is 23.5 Å². The number of aliphatic hydroxyl groups excluding tert-OH is 4. The second kappa shape index (κ2) is 28.8. The molecule has 1 aromatic rings. The molecule has 69 heavy (non-hydrogen) atoms. The van der Waals surface area contributed by atoms with Gasteiger partial charge in [0.1, 0.15) is 35.1 Å². The summed E-state index contributed by atoms with van der Waals surface area (Å²) in [5, 5.41) is 90.2. The third-order valence-electron chi connectivity index (χ3n) is 10.4. The molecule has 1 aliphatic heterocycles. The predicted molar refractivity (Wildman–Crippen MR) is 235 cm³/mol. The van der Waals surface area contributed by atoms with Crippen LogP contribution in [-0.2, 0) is 48.1 Å². The number of carbonyl (C=O) groups excluding carboxylic acids is 8. The molecule has 32 heteroatoms. The van der Waals surface area contributed by atoms with Crippen LogP contribution in [0.15, 0.2) is 22.1 Å². The van der Waals surface area contributed by atoms with Gasteiger partial charge in [0.2, 0.25) is 23.6 Å². The minimum absolute atomic E-state index is 0. The molecule has 0 unspecified atom stereocenters. The maximum Gasteiger partial charge on any atom is 0.412 e. The van der Waals surface area contributed by atoms with Crippen molar-refractivity contribution in [3.05, 3.63) is 28.2 Å². The Kier molecular flexibility index (Phi) is 25.7. The summed E-state index contributed by atoms with van der Waals surface area (Å²) in [4.78, 5) is 123. The first-order valence-corrected chi connectivity index (χ1v) is 21.8. The number of aliphatic hydroxyl groups is 4. The van der Waals surface area contributed by atoms with Crippen molar-refractivity contribution in [1.29, 1.82) is 0 Å². The standard InChI is InChI=1S/C37H60N12O18S.Fe/c1-17(51)47(65)12-5-8-20(38)30(57)40-21(9-6-13-48(66)18(2)52)31(58)41-22(10-7-14-49(67)19(3)53)32(59)42-23(16-50)33(60)44-25(35(61)62)26(54)29-27(55)28(56)34(68-29)46-15-11-24(43-36(39)63)45(4)37(46)64;/h11,15,20-23,25-29,34,50,54-56,65-67H,5-10,12-14,16,38H2,1-4H3,(H2,39,63)(H,40,57)(H,41,58)(H,42,59)(H,44,60)(H,61,62);/p+3/b43-24-;/t20-,21-,22+,23+,25-,26-,27+,28+,29-,34-;/m1./s1. The van der Waals surface area contributed by atoms with Gasteiger partial charge in [-0.1, -0.05) is 0 Å². The largest absolute Gasteiger partial charge is 0.480 e. The van der Waals surface area contributed by atoms with Gasteiger partial charge in [-0.15, -0.1) is 11.8 Å². The Bertz CT molecular complexity index is 2130. The average molecular weight is 1050 g/mol. The minimum Gasteiger partial charge on any atom is -0.480 e. The smallest absolute Gasteiger partial charge is 0.412 e. The Hall–Kier alpha value is -5.54. The van der Waals surface area contributed by atoms with E-state index in [0.29, 0.717) is 27.0 Å². The molecular weight excluding hydrogens is 988 g/mol. The number of nitrogens with two attached hydrogens (primary N) is 2. The van der Waals surface area contributed by atoms with Crippen molar-refractivity contribution in [2.75, 3.05) is 26.2 Å². The van der Waals surface area contributed by atoms with E-state index in [1.807, 2.05) is 5.32 Å². The van der Waals surface area contributed by atoms with E-state index in [0.717, 1.165) is 22.3 Å². The molecule has 1 aromatic heterocycles. The number of rotatable bonds is 25. The summed E-state index contributed by atoms with van der Waals surface area (Å²) in [6.07, 6.45) is -5.60. The Morgan fingerprint density at radius 3 is 1.65 bits per heavy atom. The summed E-state index contributed by atoms with van der Waals surface area (Å²) in [6.45, 7) is 1.66. The molecule has 0 aliphatic carbocycles. The predicted octanol–water partition coefficient (Wildman–Crippen LogP) is -6.82.